The van der Waals surface area contributed by atoms with Crippen LogP contribution >= 0.6 is 0 Å². The van der Waals surface area contributed by atoms with Gasteiger partial charge in [0.25, 0.3) is 0 Å². The van der Waals surface area contributed by atoms with E-state index in [9.17, 15) is 5.11 Å². The molecule has 1 saturated carbocycles. The Labute approximate surface area is 71.7 Å². The first-order valence-corrected chi connectivity index (χ1v) is 4.80. The van der Waals surface area contributed by atoms with Gasteiger partial charge in [0, 0.05) is 5.92 Å². The van der Waals surface area contributed by atoms with Gasteiger partial charge in [-0.25, -0.2) is 0 Å². The van der Waals surface area contributed by atoms with Crippen LogP contribution in [0.25, 0.3) is 0 Å². The molecule has 3 rings (SSSR count). The van der Waals surface area contributed by atoms with Crippen LogP contribution in [-0.2, 0) is 9.47 Å². The molecule has 3 nitrogen and oxygen atoms in total. The van der Waals surface area contributed by atoms with Gasteiger partial charge >= 0.3 is 0 Å². The second-order valence-corrected chi connectivity index (χ2v) is 4.16. The summed E-state index contributed by atoms with van der Waals surface area (Å²) in [5.41, 5.74) is 0. The van der Waals surface area contributed by atoms with E-state index in [0.717, 1.165) is 25.9 Å². The first-order valence-electron chi connectivity index (χ1n) is 4.80. The maximum atomic E-state index is 9.43. The summed E-state index contributed by atoms with van der Waals surface area (Å²) in [6, 6.07) is 0. The lowest BCUT2D eigenvalue weighted by atomic mass is 9.90. The Hall–Kier alpha value is -0.120. The number of ether oxygens (including phenoxy) is 2. The number of aliphatic hydroxyl groups is 1. The quantitative estimate of drug-likeness (QED) is 0.576. The second kappa shape index (κ2) is 2.44. The first kappa shape index (κ1) is 7.30. The van der Waals surface area contributed by atoms with Crippen LogP contribution < -0.4 is 0 Å². The van der Waals surface area contributed by atoms with Crippen LogP contribution in [0.2, 0.25) is 0 Å². The standard InChI is InChI=1S/C9H14O3/c10-5-3-7-6-1-2-11-9(6)12-8(7)4-5/h5-10H,1-4H2. The number of aliphatic hydroxyl groups excluding tert-OH is 1. The number of fused-ring (bicyclic) bond motifs is 3. The third-order valence-corrected chi connectivity index (χ3v) is 3.47. The van der Waals surface area contributed by atoms with E-state index in [-0.39, 0.29) is 18.5 Å². The monoisotopic (exact) mass is 170 g/mol. The molecule has 0 radical (unpaired) electrons. The molecule has 68 valence electrons. The lowest BCUT2D eigenvalue weighted by Crippen LogP contribution is -2.16. The maximum absolute atomic E-state index is 9.43. The smallest absolute Gasteiger partial charge is 0.161 e. The molecule has 1 N–H and O–H groups in total. The molecule has 2 aliphatic heterocycles. The van der Waals surface area contributed by atoms with Gasteiger partial charge in [0.05, 0.1) is 18.8 Å². The van der Waals surface area contributed by atoms with E-state index in [4.69, 9.17) is 9.47 Å². The molecule has 2 saturated heterocycles. The molecule has 0 spiro atoms. The lowest BCUT2D eigenvalue weighted by molar-refractivity contribution is -0.120. The van der Waals surface area contributed by atoms with Gasteiger partial charge in [-0.2, -0.15) is 0 Å². The van der Waals surface area contributed by atoms with Crippen LogP contribution in [0.4, 0.5) is 0 Å². The topological polar surface area (TPSA) is 38.7 Å². The van der Waals surface area contributed by atoms with E-state index in [2.05, 4.69) is 0 Å². The van der Waals surface area contributed by atoms with Crippen molar-refractivity contribution < 1.29 is 14.6 Å². The average Bonchev–Trinajstić information content (AvgIpc) is 2.59. The molecule has 0 aromatic carbocycles. The summed E-state index contributed by atoms with van der Waals surface area (Å²) >= 11 is 0. The molecule has 3 fully saturated rings. The summed E-state index contributed by atoms with van der Waals surface area (Å²) in [6.45, 7) is 0.842. The van der Waals surface area contributed by atoms with Gasteiger partial charge in [0.15, 0.2) is 6.29 Å². The highest BCUT2D eigenvalue weighted by molar-refractivity contribution is 4.96. The molecule has 3 heteroatoms. The van der Waals surface area contributed by atoms with Crippen molar-refractivity contribution in [1.82, 2.24) is 0 Å². The summed E-state index contributed by atoms with van der Waals surface area (Å²) in [5.74, 6) is 1.15. The van der Waals surface area contributed by atoms with Crippen molar-refractivity contribution in [3.05, 3.63) is 0 Å². The van der Waals surface area contributed by atoms with Crippen LogP contribution in [0.5, 0.6) is 0 Å². The third kappa shape index (κ3) is 0.873. The van der Waals surface area contributed by atoms with Crippen LogP contribution in [0.1, 0.15) is 19.3 Å². The first-order chi connectivity index (χ1) is 5.84. The molecule has 3 aliphatic rings. The van der Waals surface area contributed by atoms with E-state index >= 15 is 0 Å². The predicted molar refractivity (Wildman–Crippen MR) is 41.5 cm³/mol. The summed E-state index contributed by atoms with van der Waals surface area (Å²) in [4.78, 5) is 0. The normalized spacial score (nSPS) is 57.2. The largest absolute Gasteiger partial charge is 0.393 e. The van der Waals surface area contributed by atoms with Crippen molar-refractivity contribution >= 4 is 0 Å². The number of hydrogen-bond acceptors (Lipinski definition) is 3. The summed E-state index contributed by atoms with van der Waals surface area (Å²) in [7, 11) is 0. The van der Waals surface area contributed by atoms with E-state index < -0.39 is 0 Å². The second-order valence-electron chi connectivity index (χ2n) is 4.16. The molecule has 0 aromatic rings. The van der Waals surface area contributed by atoms with Crippen molar-refractivity contribution in [2.75, 3.05) is 6.61 Å². The minimum Gasteiger partial charge on any atom is -0.393 e. The van der Waals surface area contributed by atoms with Crippen molar-refractivity contribution in [3.8, 4) is 0 Å². The van der Waals surface area contributed by atoms with Crippen LogP contribution in [0.3, 0.4) is 0 Å². The minimum absolute atomic E-state index is 0.0625. The fourth-order valence-electron chi connectivity index (χ4n) is 2.92. The maximum Gasteiger partial charge on any atom is 0.161 e. The van der Waals surface area contributed by atoms with Gasteiger partial charge < -0.3 is 14.6 Å². The molecule has 2 heterocycles. The van der Waals surface area contributed by atoms with Crippen molar-refractivity contribution in [3.63, 3.8) is 0 Å². The fraction of sp³-hybridized carbons (Fsp3) is 1.00. The van der Waals surface area contributed by atoms with Gasteiger partial charge in [-0.05, 0) is 25.2 Å². The molecular weight excluding hydrogens is 156 g/mol. The van der Waals surface area contributed by atoms with E-state index in [0.29, 0.717) is 11.8 Å². The fourth-order valence-corrected chi connectivity index (χ4v) is 2.92. The van der Waals surface area contributed by atoms with Gasteiger partial charge in [-0.1, -0.05) is 0 Å². The Bertz CT molecular complexity index is 194. The van der Waals surface area contributed by atoms with Crippen molar-refractivity contribution in [2.45, 2.75) is 37.8 Å². The average molecular weight is 170 g/mol. The highest BCUT2D eigenvalue weighted by Crippen LogP contribution is 2.47. The van der Waals surface area contributed by atoms with Crippen LogP contribution in [0, 0.1) is 11.8 Å². The van der Waals surface area contributed by atoms with Crippen molar-refractivity contribution in [2.24, 2.45) is 11.8 Å². The Morgan fingerprint density at radius 1 is 1.17 bits per heavy atom. The van der Waals surface area contributed by atoms with E-state index in [1.54, 1.807) is 0 Å². The molecule has 0 aromatic heterocycles. The molecule has 5 unspecified atom stereocenters. The van der Waals surface area contributed by atoms with Crippen LogP contribution in [0.15, 0.2) is 0 Å². The molecule has 1 aliphatic carbocycles. The zero-order chi connectivity index (χ0) is 8.13. The molecule has 12 heavy (non-hydrogen) atoms. The molecule has 0 amide bonds. The predicted octanol–water partition coefficient (Wildman–Crippen LogP) is 0.519. The minimum atomic E-state index is -0.124. The summed E-state index contributed by atoms with van der Waals surface area (Å²) in [5, 5.41) is 9.43. The Morgan fingerprint density at radius 2 is 2.08 bits per heavy atom. The zero-order valence-electron chi connectivity index (χ0n) is 6.98. The number of hydrogen-bond donors (Lipinski definition) is 1. The van der Waals surface area contributed by atoms with Crippen molar-refractivity contribution in [1.29, 1.82) is 0 Å². The molecular formula is C9H14O3. The Balaban J connectivity index is 1.80. The zero-order valence-corrected chi connectivity index (χ0v) is 6.98. The lowest BCUT2D eigenvalue weighted by Gasteiger charge is -2.11. The molecule has 0 bridgehead atoms. The van der Waals surface area contributed by atoms with Gasteiger partial charge in [0.1, 0.15) is 0 Å². The summed E-state index contributed by atoms with van der Waals surface area (Å²) in [6.07, 6.45) is 3.10. The summed E-state index contributed by atoms with van der Waals surface area (Å²) < 4.78 is 11.1. The van der Waals surface area contributed by atoms with Crippen LogP contribution in [-0.4, -0.2) is 30.2 Å². The van der Waals surface area contributed by atoms with Gasteiger partial charge in [-0.3, -0.25) is 0 Å². The van der Waals surface area contributed by atoms with E-state index in [1.807, 2.05) is 0 Å². The SMILES string of the molecule is OC1CC2OC3OCCC3C2C1. The third-order valence-electron chi connectivity index (χ3n) is 3.47. The molecule has 5 atom stereocenters. The highest BCUT2D eigenvalue weighted by Gasteiger charge is 2.51. The van der Waals surface area contributed by atoms with Gasteiger partial charge in [-0.15, -0.1) is 0 Å². The number of rotatable bonds is 0. The van der Waals surface area contributed by atoms with Gasteiger partial charge in [0.2, 0.25) is 0 Å². The Morgan fingerprint density at radius 3 is 3.00 bits per heavy atom. The van der Waals surface area contributed by atoms with E-state index in [1.165, 1.54) is 0 Å². The Kier molecular flexibility index (Phi) is 1.48. The highest BCUT2D eigenvalue weighted by atomic mass is 16.7.